The van der Waals surface area contributed by atoms with Gasteiger partial charge >= 0.3 is 0 Å². The average Bonchev–Trinajstić information content (AvgIpc) is 4.20. The van der Waals surface area contributed by atoms with Gasteiger partial charge in [-0.05, 0) is 154 Å². The fourth-order valence-electron chi connectivity index (χ4n) is 14.8. The molecule has 1 heteroatoms. The molecule has 0 aliphatic heterocycles. The molecule has 0 bridgehead atoms. The standard InChI is InChI=1S/C75H49N/c1-4-24-52(25-5-1)73(53-26-6-2-7-27-53)63-35-14-13-34-60(63)62-49-56(44-46-67(62)73)76(54-28-8-3-9-29-54)55-30-22-23-50(47-55)51-43-45-61-59-33-12-17-38-66(59)75(72(61)48-51)70-41-20-18-39-68(70)74(69-40-19-21-42-71(69)75)64-36-15-10-31-57(64)58-32-11-16-37-65(58)74/h1-49H. The van der Waals surface area contributed by atoms with Crippen molar-refractivity contribution in [3.63, 3.8) is 0 Å². The van der Waals surface area contributed by atoms with Crippen molar-refractivity contribution in [3.05, 3.63) is 364 Å². The highest BCUT2D eigenvalue weighted by Crippen LogP contribution is 2.68. The van der Waals surface area contributed by atoms with E-state index in [1.54, 1.807) is 0 Å². The van der Waals surface area contributed by atoms with Crippen molar-refractivity contribution in [1.82, 2.24) is 0 Å². The van der Waals surface area contributed by atoms with Crippen LogP contribution in [-0.4, -0.2) is 0 Å². The molecule has 0 amide bonds. The first-order chi connectivity index (χ1) is 37.7. The number of hydrogen-bond acceptors (Lipinski definition) is 1. The SMILES string of the molecule is c1ccc(N(c2cccc(-c3ccc4c(c3)C3(c5ccccc5-4)c4ccccc4C4(c5ccccc5-c5ccccc54)c4ccccc43)c2)c2ccc3c(c2)-c2ccccc2C3(c2ccccc2)c2ccccc2)cc1. The molecule has 0 heterocycles. The lowest BCUT2D eigenvalue weighted by molar-refractivity contribution is 0.633. The van der Waals surface area contributed by atoms with E-state index >= 15 is 0 Å². The molecule has 0 saturated heterocycles. The molecule has 4 aliphatic rings. The van der Waals surface area contributed by atoms with E-state index in [1.165, 1.54) is 111 Å². The van der Waals surface area contributed by atoms with Crippen LogP contribution in [-0.2, 0) is 16.2 Å². The first kappa shape index (κ1) is 42.9. The molecule has 0 aromatic heterocycles. The number of hydrogen-bond donors (Lipinski definition) is 0. The monoisotopic (exact) mass is 963 g/mol. The quantitative estimate of drug-likeness (QED) is 0.161. The van der Waals surface area contributed by atoms with Crippen LogP contribution in [0.5, 0.6) is 0 Å². The van der Waals surface area contributed by atoms with Gasteiger partial charge in [0, 0.05) is 17.1 Å². The Morgan fingerprint density at radius 3 is 1.05 bits per heavy atom. The average molecular weight is 964 g/mol. The van der Waals surface area contributed by atoms with Gasteiger partial charge in [0.05, 0.1) is 16.2 Å². The summed E-state index contributed by atoms with van der Waals surface area (Å²) in [5, 5.41) is 0. The van der Waals surface area contributed by atoms with Gasteiger partial charge in [-0.1, -0.05) is 255 Å². The zero-order chi connectivity index (χ0) is 50.0. The highest BCUT2D eigenvalue weighted by molar-refractivity contribution is 5.96. The predicted molar refractivity (Wildman–Crippen MR) is 312 cm³/mol. The summed E-state index contributed by atoms with van der Waals surface area (Å²) in [5.41, 5.74) is 27.7. The number of rotatable bonds is 6. The molecule has 16 rings (SSSR count). The zero-order valence-electron chi connectivity index (χ0n) is 41.7. The molecule has 4 aliphatic carbocycles. The molecular formula is C75H49N. The van der Waals surface area contributed by atoms with E-state index in [2.05, 4.69) is 302 Å². The van der Waals surface area contributed by atoms with Crippen molar-refractivity contribution >= 4 is 17.1 Å². The van der Waals surface area contributed by atoms with E-state index < -0.39 is 16.2 Å². The van der Waals surface area contributed by atoms with Gasteiger partial charge in [0.25, 0.3) is 0 Å². The van der Waals surface area contributed by atoms with Crippen LogP contribution in [0.25, 0.3) is 44.5 Å². The number of para-hydroxylation sites is 1. The third-order valence-electron chi connectivity index (χ3n) is 17.6. The van der Waals surface area contributed by atoms with Crippen molar-refractivity contribution in [2.45, 2.75) is 16.2 Å². The van der Waals surface area contributed by atoms with Crippen LogP contribution in [0.1, 0.15) is 66.8 Å². The van der Waals surface area contributed by atoms with Gasteiger partial charge in [-0.15, -0.1) is 0 Å². The molecule has 0 radical (unpaired) electrons. The van der Waals surface area contributed by atoms with Crippen molar-refractivity contribution in [3.8, 4) is 44.5 Å². The molecular weight excluding hydrogens is 915 g/mol. The number of nitrogens with zero attached hydrogens (tertiary/aromatic N) is 1. The minimum Gasteiger partial charge on any atom is -0.310 e. The summed E-state index contributed by atoms with van der Waals surface area (Å²) in [5.74, 6) is 0. The molecule has 1 nitrogen and oxygen atoms in total. The maximum Gasteiger partial charge on any atom is 0.0720 e. The Balaban J connectivity index is 0.886. The van der Waals surface area contributed by atoms with Gasteiger partial charge in [-0.3, -0.25) is 0 Å². The molecule has 354 valence electrons. The molecule has 0 saturated carbocycles. The first-order valence-corrected chi connectivity index (χ1v) is 26.7. The lowest BCUT2D eigenvalue weighted by Crippen LogP contribution is -2.43. The third-order valence-corrected chi connectivity index (χ3v) is 17.6. The van der Waals surface area contributed by atoms with E-state index in [0.717, 1.165) is 17.1 Å². The molecule has 0 fully saturated rings. The molecule has 12 aromatic carbocycles. The third kappa shape index (κ3) is 5.54. The molecule has 0 N–H and O–H groups in total. The normalized spacial score (nSPS) is 14.6. The predicted octanol–water partition coefficient (Wildman–Crippen LogP) is 18.2. The summed E-state index contributed by atoms with van der Waals surface area (Å²) in [6, 6.07) is 112. The molecule has 12 aromatic rings. The number of anilines is 3. The van der Waals surface area contributed by atoms with Gasteiger partial charge < -0.3 is 4.90 Å². The van der Waals surface area contributed by atoms with Crippen LogP contribution in [0.4, 0.5) is 17.1 Å². The fourth-order valence-corrected chi connectivity index (χ4v) is 14.8. The maximum absolute atomic E-state index is 2.53. The van der Waals surface area contributed by atoms with Crippen molar-refractivity contribution in [2.75, 3.05) is 4.90 Å². The van der Waals surface area contributed by atoms with Crippen LogP contribution in [0.2, 0.25) is 0 Å². The Hall–Kier alpha value is -9.56. The van der Waals surface area contributed by atoms with Gasteiger partial charge in [0.2, 0.25) is 0 Å². The Morgan fingerprint density at radius 2 is 0.539 bits per heavy atom. The maximum atomic E-state index is 2.53. The Bertz CT molecular complexity index is 4170. The minimum absolute atomic E-state index is 0.471. The van der Waals surface area contributed by atoms with Crippen LogP contribution < -0.4 is 4.90 Å². The number of benzene rings is 12. The van der Waals surface area contributed by atoms with Gasteiger partial charge in [-0.25, -0.2) is 0 Å². The zero-order valence-corrected chi connectivity index (χ0v) is 41.7. The Morgan fingerprint density at radius 1 is 0.184 bits per heavy atom. The first-order valence-electron chi connectivity index (χ1n) is 26.7. The molecule has 0 atom stereocenters. The minimum atomic E-state index is -0.573. The second kappa shape index (κ2) is 16.2. The summed E-state index contributed by atoms with van der Waals surface area (Å²) >= 11 is 0. The van der Waals surface area contributed by atoms with Gasteiger partial charge in [-0.2, -0.15) is 0 Å². The molecule has 2 spiro atoms. The van der Waals surface area contributed by atoms with E-state index in [4.69, 9.17) is 0 Å². The Kier molecular flexibility index (Phi) is 9.15. The van der Waals surface area contributed by atoms with E-state index in [-0.39, 0.29) is 0 Å². The summed E-state index contributed by atoms with van der Waals surface area (Å²) in [6.07, 6.45) is 0. The van der Waals surface area contributed by atoms with Crippen LogP contribution in [0, 0.1) is 0 Å². The van der Waals surface area contributed by atoms with E-state index in [1.807, 2.05) is 0 Å². The molecule has 0 unspecified atom stereocenters. The van der Waals surface area contributed by atoms with Crippen molar-refractivity contribution in [2.24, 2.45) is 0 Å². The van der Waals surface area contributed by atoms with E-state index in [9.17, 15) is 0 Å². The summed E-state index contributed by atoms with van der Waals surface area (Å²) < 4.78 is 0. The lowest BCUT2D eigenvalue weighted by atomic mass is 9.52. The summed E-state index contributed by atoms with van der Waals surface area (Å²) in [6.45, 7) is 0. The van der Waals surface area contributed by atoms with E-state index in [0.29, 0.717) is 0 Å². The highest BCUT2D eigenvalue weighted by atomic mass is 15.1. The van der Waals surface area contributed by atoms with Crippen LogP contribution in [0.3, 0.4) is 0 Å². The van der Waals surface area contributed by atoms with Gasteiger partial charge in [0.1, 0.15) is 0 Å². The largest absolute Gasteiger partial charge is 0.310 e. The van der Waals surface area contributed by atoms with Gasteiger partial charge in [0.15, 0.2) is 0 Å². The fraction of sp³-hybridized carbons (Fsp3) is 0.0400. The van der Waals surface area contributed by atoms with Crippen molar-refractivity contribution < 1.29 is 0 Å². The highest BCUT2D eigenvalue weighted by Gasteiger charge is 2.59. The second-order valence-electron chi connectivity index (χ2n) is 21.0. The second-order valence-corrected chi connectivity index (χ2v) is 21.0. The Labute approximate surface area is 444 Å². The summed E-state index contributed by atoms with van der Waals surface area (Å²) in [4.78, 5) is 2.44. The topological polar surface area (TPSA) is 3.24 Å². The van der Waals surface area contributed by atoms with Crippen LogP contribution >= 0.6 is 0 Å². The lowest BCUT2D eigenvalue weighted by Gasteiger charge is -2.48. The summed E-state index contributed by atoms with van der Waals surface area (Å²) in [7, 11) is 0. The number of fused-ring (bicyclic) bond motifs is 19. The molecule has 76 heavy (non-hydrogen) atoms. The smallest absolute Gasteiger partial charge is 0.0720 e. The van der Waals surface area contributed by atoms with Crippen LogP contribution in [0.15, 0.2) is 297 Å². The van der Waals surface area contributed by atoms with Crippen molar-refractivity contribution in [1.29, 1.82) is 0 Å².